The number of hydrogen-bond acceptors (Lipinski definition) is 4. The first-order chi connectivity index (χ1) is 8.04. The standard InChI is InChI=1S/C11H19N3O2S/c1-7(4-5-15)17-6-10(16)12-11-8(2)13-14-9(11)3/h7,15H,4-6H2,1-3H3,(H,12,16)(H,13,14). The summed E-state index contributed by atoms with van der Waals surface area (Å²) in [6, 6.07) is 0. The lowest BCUT2D eigenvalue weighted by Gasteiger charge is -2.09. The van der Waals surface area contributed by atoms with Crippen LogP contribution >= 0.6 is 11.8 Å². The molecule has 17 heavy (non-hydrogen) atoms. The van der Waals surface area contributed by atoms with E-state index in [-0.39, 0.29) is 17.8 Å². The molecule has 0 aliphatic rings. The number of carbonyl (C=O) groups excluding carboxylic acids is 1. The third kappa shape index (κ3) is 4.40. The fraction of sp³-hybridized carbons (Fsp3) is 0.636. The summed E-state index contributed by atoms with van der Waals surface area (Å²) in [5.41, 5.74) is 2.43. The SMILES string of the molecule is Cc1n[nH]c(C)c1NC(=O)CSC(C)CCO. The van der Waals surface area contributed by atoms with E-state index in [0.29, 0.717) is 12.2 Å². The van der Waals surface area contributed by atoms with Crippen molar-refractivity contribution in [3.63, 3.8) is 0 Å². The molecule has 6 heteroatoms. The second-order valence-electron chi connectivity index (χ2n) is 3.99. The van der Waals surface area contributed by atoms with Crippen molar-refractivity contribution in [3.05, 3.63) is 11.4 Å². The zero-order valence-electron chi connectivity index (χ0n) is 10.4. The van der Waals surface area contributed by atoms with E-state index in [1.807, 2.05) is 20.8 Å². The van der Waals surface area contributed by atoms with Gasteiger partial charge in [-0.1, -0.05) is 6.92 Å². The van der Waals surface area contributed by atoms with Gasteiger partial charge in [-0.25, -0.2) is 0 Å². The molecule has 0 saturated heterocycles. The van der Waals surface area contributed by atoms with Crippen LogP contribution in [0.2, 0.25) is 0 Å². The van der Waals surface area contributed by atoms with Crippen LogP contribution in [0.25, 0.3) is 0 Å². The number of aliphatic hydroxyl groups is 1. The molecule has 96 valence electrons. The summed E-state index contributed by atoms with van der Waals surface area (Å²) in [4.78, 5) is 11.7. The maximum Gasteiger partial charge on any atom is 0.234 e. The zero-order chi connectivity index (χ0) is 12.8. The lowest BCUT2D eigenvalue weighted by molar-refractivity contribution is -0.113. The first-order valence-electron chi connectivity index (χ1n) is 5.58. The molecule has 1 aromatic rings. The van der Waals surface area contributed by atoms with Crippen LogP contribution in [0.1, 0.15) is 24.7 Å². The topological polar surface area (TPSA) is 78.0 Å². The van der Waals surface area contributed by atoms with Crippen LogP contribution in [0, 0.1) is 13.8 Å². The van der Waals surface area contributed by atoms with Gasteiger partial charge >= 0.3 is 0 Å². The van der Waals surface area contributed by atoms with Crippen molar-refractivity contribution in [2.24, 2.45) is 0 Å². The second-order valence-corrected chi connectivity index (χ2v) is 5.42. The largest absolute Gasteiger partial charge is 0.396 e. The Morgan fingerprint density at radius 3 is 2.82 bits per heavy atom. The summed E-state index contributed by atoms with van der Waals surface area (Å²) in [6.07, 6.45) is 0.710. The highest BCUT2D eigenvalue weighted by Crippen LogP contribution is 2.18. The predicted octanol–water partition coefficient (Wildman–Crippen LogP) is 1.47. The summed E-state index contributed by atoms with van der Waals surface area (Å²) >= 11 is 1.54. The summed E-state index contributed by atoms with van der Waals surface area (Å²) in [6.45, 7) is 5.88. The van der Waals surface area contributed by atoms with Gasteiger partial charge in [0.25, 0.3) is 0 Å². The van der Waals surface area contributed by atoms with E-state index in [1.165, 1.54) is 11.8 Å². The number of amides is 1. The number of anilines is 1. The summed E-state index contributed by atoms with van der Waals surface area (Å²) in [7, 11) is 0. The Hall–Kier alpha value is -1.01. The fourth-order valence-electron chi connectivity index (χ4n) is 1.39. The monoisotopic (exact) mass is 257 g/mol. The molecule has 0 radical (unpaired) electrons. The lowest BCUT2D eigenvalue weighted by atomic mass is 10.3. The molecule has 0 aliphatic heterocycles. The number of thioether (sulfide) groups is 1. The number of aryl methyl sites for hydroxylation is 2. The number of rotatable bonds is 6. The van der Waals surface area contributed by atoms with Crippen LogP contribution < -0.4 is 5.32 Å². The molecule has 0 spiro atoms. The molecule has 0 bridgehead atoms. The molecule has 1 aromatic heterocycles. The Morgan fingerprint density at radius 1 is 1.59 bits per heavy atom. The van der Waals surface area contributed by atoms with Crippen molar-refractivity contribution in [1.29, 1.82) is 0 Å². The van der Waals surface area contributed by atoms with Crippen LogP contribution in [0.4, 0.5) is 5.69 Å². The van der Waals surface area contributed by atoms with Crippen LogP contribution in [0.5, 0.6) is 0 Å². The molecule has 1 rings (SSSR count). The van der Waals surface area contributed by atoms with Gasteiger partial charge in [0.05, 0.1) is 22.8 Å². The van der Waals surface area contributed by atoms with Gasteiger partial charge in [-0.15, -0.1) is 11.8 Å². The van der Waals surface area contributed by atoms with E-state index in [1.54, 1.807) is 0 Å². The van der Waals surface area contributed by atoms with E-state index in [9.17, 15) is 4.79 Å². The van der Waals surface area contributed by atoms with Gasteiger partial charge in [0.2, 0.25) is 5.91 Å². The zero-order valence-corrected chi connectivity index (χ0v) is 11.2. The smallest absolute Gasteiger partial charge is 0.234 e. The van der Waals surface area contributed by atoms with E-state index in [0.717, 1.165) is 17.1 Å². The fourth-order valence-corrected chi connectivity index (χ4v) is 2.17. The van der Waals surface area contributed by atoms with Crippen LogP contribution in [-0.2, 0) is 4.79 Å². The number of H-pyrrole nitrogens is 1. The number of hydrogen-bond donors (Lipinski definition) is 3. The van der Waals surface area contributed by atoms with E-state index in [4.69, 9.17) is 5.11 Å². The van der Waals surface area contributed by atoms with Gasteiger partial charge in [-0.05, 0) is 20.3 Å². The number of carbonyl (C=O) groups is 1. The lowest BCUT2D eigenvalue weighted by Crippen LogP contribution is -2.17. The van der Waals surface area contributed by atoms with Gasteiger partial charge in [0, 0.05) is 11.9 Å². The average Bonchev–Trinajstić information content (AvgIpc) is 2.58. The predicted molar refractivity (Wildman–Crippen MR) is 70.3 cm³/mol. The highest BCUT2D eigenvalue weighted by atomic mass is 32.2. The first kappa shape index (κ1) is 14.1. The Morgan fingerprint density at radius 2 is 2.29 bits per heavy atom. The Kier molecular flexibility index (Phi) is 5.50. The number of aromatic nitrogens is 2. The Labute approximate surface area is 105 Å². The minimum Gasteiger partial charge on any atom is -0.396 e. The van der Waals surface area contributed by atoms with Crippen molar-refractivity contribution in [2.45, 2.75) is 32.4 Å². The molecule has 0 aromatic carbocycles. The van der Waals surface area contributed by atoms with E-state index >= 15 is 0 Å². The summed E-state index contributed by atoms with van der Waals surface area (Å²) in [5, 5.41) is 18.7. The number of nitrogens with one attached hydrogen (secondary N) is 2. The third-order valence-corrected chi connectivity index (χ3v) is 3.66. The minimum atomic E-state index is -0.0348. The molecule has 5 nitrogen and oxygen atoms in total. The Balaban J connectivity index is 2.40. The summed E-state index contributed by atoms with van der Waals surface area (Å²) in [5.74, 6) is 0.359. The number of nitrogens with zero attached hydrogens (tertiary/aromatic N) is 1. The molecular weight excluding hydrogens is 238 g/mol. The summed E-state index contributed by atoms with van der Waals surface area (Å²) < 4.78 is 0. The molecule has 0 saturated carbocycles. The second kappa shape index (κ2) is 6.66. The normalized spacial score (nSPS) is 12.5. The minimum absolute atomic E-state index is 0.0348. The van der Waals surface area contributed by atoms with Crippen LogP contribution in [0.15, 0.2) is 0 Å². The maximum atomic E-state index is 11.7. The van der Waals surface area contributed by atoms with Gasteiger partial charge in [-0.2, -0.15) is 5.10 Å². The van der Waals surface area contributed by atoms with Crippen molar-refractivity contribution in [1.82, 2.24) is 10.2 Å². The molecule has 1 unspecified atom stereocenters. The highest BCUT2D eigenvalue weighted by molar-refractivity contribution is 8.00. The van der Waals surface area contributed by atoms with Crippen molar-refractivity contribution in [3.8, 4) is 0 Å². The molecule has 0 aliphatic carbocycles. The van der Waals surface area contributed by atoms with Crippen molar-refractivity contribution >= 4 is 23.4 Å². The van der Waals surface area contributed by atoms with Crippen LogP contribution in [0.3, 0.4) is 0 Å². The van der Waals surface area contributed by atoms with Crippen LogP contribution in [-0.4, -0.2) is 38.8 Å². The molecule has 1 heterocycles. The quantitative estimate of drug-likeness (QED) is 0.721. The average molecular weight is 257 g/mol. The highest BCUT2D eigenvalue weighted by Gasteiger charge is 2.11. The molecule has 0 fully saturated rings. The third-order valence-electron chi connectivity index (χ3n) is 2.43. The molecule has 3 N–H and O–H groups in total. The van der Waals surface area contributed by atoms with Gasteiger partial charge in [-0.3, -0.25) is 9.89 Å². The van der Waals surface area contributed by atoms with Crippen molar-refractivity contribution in [2.75, 3.05) is 17.7 Å². The first-order valence-corrected chi connectivity index (χ1v) is 6.63. The molecule has 1 atom stereocenters. The van der Waals surface area contributed by atoms with Gasteiger partial charge < -0.3 is 10.4 Å². The van der Waals surface area contributed by atoms with E-state index < -0.39 is 0 Å². The number of aromatic amines is 1. The van der Waals surface area contributed by atoms with E-state index in [2.05, 4.69) is 15.5 Å². The van der Waals surface area contributed by atoms with Crippen molar-refractivity contribution < 1.29 is 9.90 Å². The maximum absolute atomic E-state index is 11.7. The van der Waals surface area contributed by atoms with Gasteiger partial charge in [0.1, 0.15) is 0 Å². The molecule has 1 amide bonds. The number of aliphatic hydroxyl groups excluding tert-OH is 1. The Bertz CT molecular complexity index is 359. The molecular formula is C11H19N3O2S. The van der Waals surface area contributed by atoms with Gasteiger partial charge in [0.15, 0.2) is 0 Å².